The number of benzene rings is 1. The van der Waals surface area contributed by atoms with Crippen molar-refractivity contribution in [2.24, 2.45) is 5.73 Å². The maximum atomic E-state index is 8.93. The van der Waals surface area contributed by atoms with Gasteiger partial charge in [-0.3, -0.25) is 0 Å². The molecule has 0 fully saturated rings. The van der Waals surface area contributed by atoms with Crippen LogP contribution in [0.25, 0.3) is 0 Å². The van der Waals surface area contributed by atoms with Crippen LogP contribution in [0.5, 0.6) is 0 Å². The van der Waals surface area contributed by atoms with Gasteiger partial charge in [0, 0.05) is 22.3 Å². The van der Waals surface area contributed by atoms with Gasteiger partial charge in [0.1, 0.15) is 0 Å². The van der Waals surface area contributed by atoms with Crippen LogP contribution in [-0.2, 0) is 0 Å². The van der Waals surface area contributed by atoms with Crippen molar-refractivity contribution in [1.82, 2.24) is 0 Å². The van der Waals surface area contributed by atoms with Crippen LogP contribution >= 0.6 is 11.8 Å². The summed E-state index contributed by atoms with van der Waals surface area (Å²) >= 11 is 1.82. The lowest BCUT2D eigenvalue weighted by atomic mass is 10.1. The molecule has 0 heterocycles. The van der Waals surface area contributed by atoms with Crippen LogP contribution in [0.4, 0.5) is 0 Å². The summed E-state index contributed by atoms with van der Waals surface area (Å²) in [5.74, 6) is 0. The van der Waals surface area contributed by atoms with Crippen LogP contribution in [0.2, 0.25) is 0 Å². The van der Waals surface area contributed by atoms with Crippen molar-refractivity contribution in [2.45, 2.75) is 42.9 Å². The van der Waals surface area contributed by atoms with Gasteiger partial charge in [0.05, 0.1) is 0 Å². The van der Waals surface area contributed by atoms with E-state index in [0.29, 0.717) is 6.42 Å². The van der Waals surface area contributed by atoms with E-state index in [-0.39, 0.29) is 17.4 Å². The van der Waals surface area contributed by atoms with Crippen LogP contribution in [0.3, 0.4) is 0 Å². The van der Waals surface area contributed by atoms with E-state index in [1.807, 2.05) is 23.9 Å². The van der Waals surface area contributed by atoms with Gasteiger partial charge in [-0.2, -0.15) is 0 Å². The molecular weight excluding hydrogens is 218 g/mol. The van der Waals surface area contributed by atoms with E-state index in [1.54, 1.807) is 0 Å². The first-order valence-electron chi connectivity index (χ1n) is 5.58. The molecule has 1 aromatic carbocycles. The highest BCUT2D eigenvalue weighted by atomic mass is 32.2. The number of rotatable bonds is 4. The second-order valence-electron chi connectivity index (χ2n) is 4.87. The van der Waals surface area contributed by atoms with Crippen molar-refractivity contribution >= 4 is 11.8 Å². The summed E-state index contributed by atoms with van der Waals surface area (Å²) in [4.78, 5) is 1.22. The van der Waals surface area contributed by atoms with Crippen LogP contribution in [0.15, 0.2) is 29.2 Å². The van der Waals surface area contributed by atoms with Crippen LogP contribution in [0, 0.1) is 0 Å². The van der Waals surface area contributed by atoms with Gasteiger partial charge in [-0.25, -0.2) is 0 Å². The van der Waals surface area contributed by atoms with Crippen molar-refractivity contribution in [2.75, 3.05) is 6.61 Å². The summed E-state index contributed by atoms with van der Waals surface area (Å²) in [6, 6.07) is 8.11. The van der Waals surface area contributed by atoms with E-state index in [4.69, 9.17) is 10.8 Å². The Kier molecular flexibility index (Phi) is 4.84. The zero-order chi connectivity index (χ0) is 12.2. The molecule has 0 amide bonds. The minimum atomic E-state index is -0.0731. The molecule has 3 heteroatoms. The summed E-state index contributed by atoms with van der Waals surface area (Å²) in [6.45, 7) is 6.69. The summed E-state index contributed by atoms with van der Waals surface area (Å²) < 4.78 is 0.176. The predicted octanol–water partition coefficient (Wildman–Crippen LogP) is 2.96. The Hall–Kier alpha value is -0.510. The number of hydrogen-bond acceptors (Lipinski definition) is 3. The predicted molar refractivity (Wildman–Crippen MR) is 70.7 cm³/mol. The molecule has 1 atom stereocenters. The Morgan fingerprint density at radius 1 is 1.31 bits per heavy atom. The smallest absolute Gasteiger partial charge is 0.0449 e. The number of nitrogens with two attached hydrogens (primary N) is 1. The third kappa shape index (κ3) is 4.16. The normalized spacial score (nSPS) is 13.8. The SMILES string of the molecule is CC(C)(C)Sc1ccccc1[C@@H](N)CCO. The molecule has 0 unspecified atom stereocenters. The van der Waals surface area contributed by atoms with Gasteiger partial charge >= 0.3 is 0 Å². The second-order valence-corrected chi connectivity index (χ2v) is 6.74. The molecule has 0 aliphatic carbocycles. The minimum absolute atomic E-state index is 0.0731. The topological polar surface area (TPSA) is 46.2 Å². The average molecular weight is 239 g/mol. The van der Waals surface area contributed by atoms with Crippen LogP contribution in [-0.4, -0.2) is 16.5 Å². The van der Waals surface area contributed by atoms with Crippen molar-refractivity contribution in [3.63, 3.8) is 0 Å². The molecule has 0 spiro atoms. The molecule has 3 N–H and O–H groups in total. The number of aliphatic hydroxyl groups excluding tert-OH is 1. The molecule has 0 aliphatic heterocycles. The fourth-order valence-electron chi connectivity index (χ4n) is 1.50. The number of hydrogen-bond donors (Lipinski definition) is 2. The Balaban J connectivity index is 2.91. The van der Waals surface area contributed by atoms with E-state index >= 15 is 0 Å². The number of thioether (sulfide) groups is 1. The van der Waals surface area contributed by atoms with Gasteiger partial charge in [0.2, 0.25) is 0 Å². The molecular formula is C13H21NOS. The van der Waals surface area contributed by atoms with E-state index in [0.717, 1.165) is 5.56 Å². The van der Waals surface area contributed by atoms with E-state index in [2.05, 4.69) is 32.9 Å². The molecule has 0 aliphatic rings. The van der Waals surface area contributed by atoms with Crippen LogP contribution in [0.1, 0.15) is 38.8 Å². The van der Waals surface area contributed by atoms with Gasteiger partial charge in [0.15, 0.2) is 0 Å². The molecule has 0 bridgehead atoms. The van der Waals surface area contributed by atoms with Crippen molar-refractivity contribution < 1.29 is 5.11 Å². The molecule has 90 valence electrons. The maximum Gasteiger partial charge on any atom is 0.0449 e. The summed E-state index contributed by atoms with van der Waals surface area (Å²) in [5.41, 5.74) is 7.19. The fourth-order valence-corrected chi connectivity index (χ4v) is 2.65. The third-order valence-corrected chi connectivity index (χ3v) is 3.38. The lowest BCUT2D eigenvalue weighted by molar-refractivity contribution is 0.276. The van der Waals surface area contributed by atoms with Crippen molar-refractivity contribution in [3.05, 3.63) is 29.8 Å². The molecule has 0 radical (unpaired) electrons. The Morgan fingerprint density at radius 2 is 1.94 bits per heavy atom. The summed E-state index contributed by atoms with van der Waals surface area (Å²) in [5, 5.41) is 8.93. The van der Waals surface area contributed by atoms with Gasteiger partial charge < -0.3 is 10.8 Å². The molecule has 0 saturated carbocycles. The van der Waals surface area contributed by atoms with Gasteiger partial charge in [-0.05, 0) is 18.1 Å². The highest BCUT2D eigenvalue weighted by Gasteiger charge is 2.17. The van der Waals surface area contributed by atoms with E-state index in [1.165, 1.54) is 4.90 Å². The first kappa shape index (κ1) is 13.6. The Morgan fingerprint density at radius 3 is 2.50 bits per heavy atom. The highest BCUT2D eigenvalue weighted by Crippen LogP contribution is 2.36. The quantitative estimate of drug-likeness (QED) is 0.794. The molecule has 1 aromatic rings. The van der Waals surface area contributed by atoms with Gasteiger partial charge in [0.25, 0.3) is 0 Å². The minimum Gasteiger partial charge on any atom is -0.396 e. The fraction of sp³-hybridized carbons (Fsp3) is 0.538. The molecule has 0 aromatic heterocycles. The standard InChI is InChI=1S/C13H21NOS/c1-13(2,3)16-12-7-5-4-6-10(12)11(14)8-9-15/h4-7,11,15H,8-9,14H2,1-3H3/t11-/m0/s1. The third-order valence-electron chi connectivity index (χ3n) is 2.17. The largest absolute Gasteiger partial charge is 0.396 e. The maximum absolute atomic E-state index is 8.93. The lowest BCUT2D eigenvalue weighted by Crippen LogP contribution is -2.14. The molecule has 2 nitrogen and oxygen atoms in total. The zero-order valence-electron chi connectivity index (χ0n) is 10.2. The highest BCUT2D eigenvalue weighted by molar-refractivity contribution is 8.00. The Bertz CT molecular complexity index is 333. The van der Waals surface area contributed by atoms with E-state index in [9.17, 15) is 0 Å². The Labute approximate surface area is 102 Å². The van der Waals surface area contributed by atoms with Crippen molar-refractivity contribution in [1.29, 1.82) is 0 Å². The van der Waals surface area contributed by atoms with E-state index < -0.39 is 0 Å². The zero-order valence-corrected chi connectivity index (χ0v) is 11.1. The molecule has 0 saturated heterocycles. The summed E-state index contributed by atoms with van der Waals surface area (Å²) in [6.07, 6.45) is 0.613. The first-order valence-corrected chi connectivity index (χ1v) is 6.40. The molecule has 16 heavy (non-hydrogen) atoms. The van der Waals surface area contributed by atoms with Crippen LogP contribution < -0.4 is 5.73 Å². The molecule has 1 rings (SSSR count). The van der Waals surface area contributed by atoms with Gasteiger partial charge in [-0.15, -0.1) is 11.8 Å². The lowest BCUT2D eigenvalue weighted by Gasteiger charge is -2.22. The first-order chi connectivity index (χ1) is 7.44. The van der Waals surface area contributed by atoms with Gasteiger partial charge in [-0.1, -0.05) is 39.0 Å². The average Bonchev–Trinajstić information content (AvgIpc) is 2.16. The van der Waals surface area contributed by atoms with Crippen molar-refractivity contribution in [3.8, 4) is 0 Å². The monoisotopic (exact) mass is 239 g/mol. The number of aliphatic hydroxyl groups is 1. The summed E-state index contributed by atoms with van der Waals surface area (Å²) in [7, 11) is 0. The second kappa shape index (κ2) is 5.71.